The van der Waals surface area contributed by atoms with Crippen molar-refractivity contribution in [3.8, 4) is 0 Å². The van der Waals surface area contributed by atoms with Gasteiger partial charge in [0.2, 0.25) is 0 Å². The minimum absolute atomic E-state index is 0.479. The Morgan fingerprint density at radius 1 is 1.37 bits per heavy atom. The first kappa shape index (κ1) is 14.5. The smallest absolute Gasteiger partial charge is 0.133 e. The minimum Gasteiger partial charge on any atom is -0.361 e. The van der Waals surface area contributed by atoms with Crippen LogP contribution in [0.15, 0.2) is 39.3 Å². The number of nitrogens with zero attached hydrogens (tertiary/aromatic N) is 1. The van der Waals surface area contributed by atoms with Crippen LogP contribution in [0.1, 0.15) is 23.4 Å². The molecule has 1 heterocycles. The fourth-order valence-electron chi connectivity index (χ4n) is 1.85. The zero-order valence-corrected chi connectivity index (χ0v) is 13.2. The minimum atomic E-state index is -0.876. The summed E-state index contributed by atoms with van der Waals surface area (Å²) in [7, 11) is -0.876. The topological polar surface area (TPSA) is 43.1 Å². The fraction of sp³-hybridized carbons (Fsp3) is 0.357. The normalized spacial score (nSPS) is 12.5. The Balaban J connectivity index is 1.77. The van der Waals surface area contributed by atoms with Crippen molar-refractivity contribution >= 4 is 26.7 Å². The van der Waals surface area contributed by atoms with Crippen LogP contribution < -0.4 is 0 Å². The van der Waals surface area contributed by atoms with Gasteiger partial charge in [0.05, 0.1) is 11.4 Å². The monoisotopic (exact) mass is 341 g/mol. The number of halogens is 1. The maximum absolute atomic E-state index is 11.9. The van der Waals surface area contributed by atoms with Crippen molar-refractivity contribution in [2.75, 3.05) is 5.75 Å². The van der Waals surface area contributed by atoms with E-state index >= 15 is 0 Å². The van der Waals surface area contributed by atoms with Crippen molar-refractivity contribution in [3.05, 3.63) is 51.8 Å². The summed E-state index contributed by atoms with van der Waals surface area (Å²) in [5.74, 6) is 1.93. The molecule has 19 heavy (non-hydrogen) atoms. The van der Waals surface area contributed by atoms with E-state index < -0.39 is 10.8 Å². The summed E-state index contributed by atoms with van der Waals surface area (Å²) in [6.07, 6.45) is 1.84. The Kier molecular flexibility index (Phi) is 5.34. The third kappa shape index (κ3) is 4.58. The second-order valence-electron chi connectivity index (χ2n) is 4.41. The molecule has 102 valence electrons. The van der Waals surface area contributed by atoms with E-state index in [9.17, 15) is 4.21 Å². The number of hydrogen-bond acceptors (Lipinski definition) is 3. The molecule has 0 saturated carbocycles. The maximum atomic E-state index is 11.9. The van der Waals surface area contributed by atoms with Gasteiger partial charge in [-0.1, -0.05) is 39.3 Å². The lowest BCUT2D eigenvalue weighted by Gasteiger charge is -2.03. The van der Waals surface area contributed by atoms with Crippen molar-refractivity contribution in [1.29, 1.82) is 0 Å². The molecule has 0 N–H and O–H groups in total. The van der Waals surface area contributed by atoms with Crippen LogP contribution in [0.5, 0.6) is 0 Å². The Morgan fingerprint density at radius 2 is 2.16 bits per heavy atom. The zero-order chi connectivity index (χ0) is 13.7. The van der Waals surface area contributed by atoms with Gasteiger partial charge >= 0.3 is 0 Å². The molecule has 0 spiro atoms. The van der Waals surface area contributed by atoms with Crippen LogP contribution in [-0.2, 0) is 23.0 Å². The predicted molar refractivity (Wildman–Crippen MR) is 80.4 cm³/mol. The third-order valence-electron chi connectivity index (χ3n) is 2.76. The van der Waals surface area contributed by atoms with Crippen LogP contribution in [0.4, 0.5) is 0 Å². The Hall–Kier alpha value is -0.940. The molecule has 0 aliphatic heterocycles. The largest absolute Gasteiger partial charge is 0.361 e. The summed E-state index contributed by atoms with van der Waals surface area (Å²) >= 11 is 3.52. The van der Waals surface area contributed by atoms with Crippen molar-refractivity contribution < 1.29 is 8.73 Å². The maximum Gasteiger partial charge on any atom is 0.133 e. The van der Waals surface area contributed by atoms with E-state index in [4.69, 9.17) is 4.52 Å². The van der Waals surface area contributed by atoms with Gasteiger partial charge < -0.3 is 4.52 Å². The highest BCUT2D eigenvalue weighted by atomic mass is 79.9. The molecule has 0 aliphatic carbocycles. The van der Waals surface area contributed by atoms with Crippen LogP contribution in [0.2, 0.25) is 0 Å². The molecule has 1 aromatic carbocycles. The Labute approximate surface area is 124 Å². The molecule has 0 bridgehead atoms. The van der Waals surface area contributed by atoms with Crippen molar-refractivity contribution in [2.24, 2.45) is 0 Å². The highest BCUT2D eigenvalue weighted by molar-refractivity contribution is 9.10. The van der Waals surface area contributed by atoms with Gasteiger partial charge in [-0.2, -0.15) is 0 Å². The van der Waals surface area contributed by atoms with Crippen LogP contribution in [0.25, 0.3) is 0 Å². The van der Waals surface area contributed by atoms with E-state index in [1.165, 1.54) is 5.56 Å². The second-order valence-corrected chi connectivity index (χ2v) is 6.84. The van der Waals surface area contributed by atoms with Gasteiger partial charge in [0.15, 0.2) is 0 Å². The third-order valence-corrected chi connectivity index (χ3v) is 4.90. The molecular formula is C14H16BrNO2S. The summed E-state index contributed by atoms with van der Waals surface area (Å²) in [5.41, 5.74) is 2.04. The molecule has 1 atom stereocenters. The number of aryl methyl sites for hydroxylation is 2. The van der Waals surface area contributed by atoms with E-state index in [0.717, 1.165) is 28.8 Å². The highest BCUT2D eigenvalue weighted by Gasteiger charge is 2.07. The van der Waals surface area contributed by atoms with E-state index in [2.05, 4.69) is 27.2 Å². The molecule has 0 fully saturated rings. The lowest BCUT2D eigenvalue weighted by atomic mass is 10.1. The average Bonchev–Trinajstić information content (AvgIpc) is 2.77. The zero-order valence-electron chi connectivity index (χ0n) is 10.8. The molecule has 3 nitrogen and oxygen atoms in total. The van der Waals surface area contributed by atoms with Gasteiger partial charge in [0.25, 0.3) is 0 Å². The standard InChI is InChI=1S/C14H16BrNO2S/c1-11-9-13(16-18-11)10-19(17)8-4-6-12-5-2-3-7-14(12)15/h2-3,5,7,9H,4,6,8,10H2,1H3/t19-/m1/s1. The predicted octanol–water partition coefficient (Wildman–Crippen LogP) is 3.63. The molecule has 0 unspecified atom stereocenters. The molecule has 5 heteroatoms. The summed E-state index contributed by atoms with van der Waals surface area (Å²) in [6, 6.07) is 9.98. The lowest BCUT2D eigenvalue weighted by Crippen LogP contribution is -2.03. The molecule has 0 aliphatic rings. The lowest BCUT2D eigenvalue weighted by molar-refractivity contribution is 0.392. The molecule has 0 amide bonds. The highest BCUT2D eigenvalue weighted by Crippen LogP contribution is 2.17. The first-order valence-corrected chi connectivity index (χ1v) is 8.44. The van der Waals surface area contributed by atoms with Crippen molar-refractivity contribution in [2.45, 2.75) is 25.5 Å². The molecule has 1 aromatic heterocycles. The van der Waals surface area contributed by atoms with Crippen LogP contribution >= 0.6 is 15.9 Å². The van der Waals surface area contributed by atoms with Crippen molar-refractivity contribution in [3.63, 3.8) is 0 Å². The van der Waals surface area contributed by atoms with E-state index in [1.807, 2.05) is 31.2 Å². The summed E-state index contributed by atoms with van der Waals surface area (Å²) in [4.78, 5) is 0. The molecule has 0 radical (unpaired) electrons. The van der Waals surface area contributed by atoms with Gasteiger partial charge in [-0.25, -0.2) is 0 Å². The van der Waals surface area contributed by atoms with Gasteiger partial charge in [-0.05, 0) is 31.4 Å². The fourth-order valence-corrected chi connectivity index (χ4v) is 3.41. The first-order chi connectivity index (χ1) is 9.15. The van der Waals surface area contributed by atoms with E-state index in [1.54, 1.807) is 0 Å². The quantitative estimate of drug-likeness (QED) is 0.805. The van der Waals surface area contributed by atoms with Gasteiger partial charge in [0.1, 0.15) is 5.76 Å². The number of hydrogen-bond donors (Lipinski definition) is 0. The van der Waals surface area contributed by atoms with Crippen LogP contribution in [0.3, 0.4) is 0 Å². The Morgan fingerprint density at radius 3 is 2.84 bits per heavy atom. The van der Waals surface area contributed by atoms with Gasteiger partial charge in [-0.15, -0.1) is 0 Å². The summed E-state index contributed by atoms with van der Waals surface area (Å²) < 4.78 is 18.0. The second kappa shape index (κ2) is 7.01. The number of rotatable bonds is 6. The number of aromatic nitrogens is 1. The van der Waals surface area contributed by atoms with E-state index in [-0.39, 0.29) is 0 Å². The molecular weight excluding hydrogens is 326 g/mol. The van der Waals surface area contributed by atoms with Crippen LogP contribution in [0, 0.1) is 6.92 Å². The summed E-state index contributed by atoms with van der Waals surface area (Å²) in [5, 5.41) is 3.86. The van der Waals surface area contributed by atoms with E-state index in [0.29, 0.717) is 11.5 Å². The number of benzene rings is 1. The molecule has 2 aromatic rings. The first-order valence-electron chi connectivity index (χ1n) is 6.16. The van der Waals surface area contributed by atoms with Gasteiger partial charge in [-0.3, -0.25) is 4.21 Å². The molecule has 0 saturated heterocycles. The summed E-state index contributed by atoms with van der Waals surface area (Å²) in [6.45, 7) is 1.84. The van der Waals surface area contributed by atoms with Crippen molar-refractivity contribution in [1.82, 2.24) is 5.16 Å². The Bertz CT molecular complexity index is 568. The van der Waals surface area contributed by atoms with Gasteiger partial charge in [0, 0.05) is 27.1 Å². The SMILES string of the molecule is Cc1cc(C[S@](=O)CCCc2ccccc2Br)no1. The average molecular weight is 342 g/mol. The molecule has 2 rings (SSSR count). The van der Waals surface area contributed by atoms with Crippen LogP contribution in [-0.4, -0.2) is 15.1 Å².